The van der Waals surface area contributed by atoms with E-state index in [4.69, 9.17) is 64.6 Å². The number of hydrogen-bond donors (Lipinski definition) is 0. The summed E-state index contributed by atoms with van der Waals surface area (Å²) in [5.41, 5.74) is -0.965. The molecule has 1 aromatic carbocycles. The second-order valence-electron chi connectivity index (χ2n) is 11.3. The summed E-state index contributed by atoms with van der Waals surface area (Å²) < 4.78 is 49.3. The summed E-state index contributed by atoms with van der Waals surface area (Å²) >= 11 is 0. The monoisotopic (exact) mass is 604 g/mol. The van der Waals surface area contributed by atoms with Gasteiger partial charge in [-0.3, -0.25) is 0 Å². The summed E-state index contributed by atoms with van der Waals surface area (Å²) in [6.07, 6.45) is 2.43. The average Bonchev–Trinajstić information content (AvgIpc) is 3.61. The highest BCUT2D eigenvalue weighted by Gasteiger charge is 2.47. The zero-order valence-electron chi connectivity index (χ0n) is 24.5. The van der Waals surface area contributed by atoms with Crippen molar-refractivity contribution in [2.45, 2.75) is 47.1 Å². The van der Waals surface area contributed by atoms with E-state index in [1.807, 2.05) is 0 Å². The fourth-order valence-corrected chi connectivity index (χ4v) is 5.23. The van der Waals surface area contributed by atoms with Gasteiger partial charge in [0, 0.05) is 23.9 Å². The second kappa shape index (κ2) is 11.1. The number of hydrogen-bond acceptors (Lipinski definition) is 7. The highest BCUT2D eigenvalue weighted by molar-refractivity contribution is 6.68. The second-order valence-corrected chi connectivity index (χ2v) is 11.3. The molecule has 4 heterocycles. The quantitative estimate of drug-likeness (QED) is 0.238. The van der Waals surface area contributed by atoms with Gasteiger partial charge in [-0.2, -0.15) is 18.3 Å². The Hall–Kier alpha value is -3.90. The summed E-state index contributed by atoms with van der Waals surface area (Å²) in [5, 5.41) is 0.177. The first-order chi connectivity index (χ1) is 21.5. The Morgan fingerprint density at radius 1 is 0.891 bits per heavy atom. The highest BCUT2D eigenvalue weighted by Crippen LogP contribution is 2.49. The number of imidazole rings is 1. The largest absolute Gasteiger partial charge is 0.480 e. The maximum Gasteiger partial charge on any atom is 0.434 e. The van der Waals surface area contributed by atoms with Gasteiger partial charge in [-0.15, -0.1) is 10.2 Å². The van der Waals surface area contributed by atoms with E-state index in [9.17, 15) is 13.2 Å². The van der Waals surface area contributed by atoms with Crippen LogP contribution in [0.1, 0.15) is 35.7 Å². The number of ether oxygens (including phenoxy) is 1. The zero-order chi connectivity index (χ0) is 33.2. The third-order valence-corrected chi connectivity index (χ3v) is 7.84. The fourth-order valence-electron chi connectivity index (χ4n) is 5.23. The molecule has 1 aliphatic rings. The van der Waals surface area contributed by atoms with Gasteiger partial charge in [0.15, 0.2) is 17.2 Å². The van der Waals surface area contributed by atoms with E-state index in [1.165, 1.54) is 25.6 Å². The first-order valence-electron chi connectivity index (χ1n) is 13.9. The normalized spacial score (nSPS) is 14.5. The van der Waals surface area contributed by atoms with E-state index in [0.29, 0.717) is 34.5 Å². The predicted octanol–water partition coefficient (Wildman–Crippen LogP) is 2.08. The molecular weight excluding hydrogens is 585 g/mol. The van der Waals surface area contributed by atoms with Crippen LogP contribution in [0.15, 0.2) is 49.2 Å². The molecule has 1 aliphatic carbocycles. The minimum atomic E-state index is -4.88. The third kappa shape index (κ3) is 5.55. The van der Waals surface area contributed by atoms with Crippen molar-refractivity contribution in [3.63, 3.8) is 0 Å². The Bertz CT molecular complexity index is 1900. The number of fused-ring (bicyclic) bond motifs is 1. The van der Waals surface area contributed by atoms with Crippen molar-refractivity contribution in [3.05, 3.63) is 66.1 Å². The molecule has 0 saturated heterocycles. The molecule has 6 rings (SSSR count). The molecule has 5 aromatic rings. The van der Waals surface area contributed by atoms with E-state index in [0.717, 1.165) is 28.7 Å². The lowest BCUT2D eigenvalue weighted by molar-refractivity contribution is -0.140. The van der Waals surface area contributed by atoms with Crippen molar-refractivity contribution >= 4 is 66.0 Å². The van der Waals surface area contributed by atoms with Crippen molar-refractivity contribution in [2.75, 3.05) is 7.11 Å². The number of rotatable bonds is 9. The van der Waals surface area contributed by atoms with Gasteiger partial charge in [-0.05, 0) is 23.8 Å². The molecule has 0 atom stereocenters. The lowest BCUT2D eigenvalue weighted by Crippen LogP contribution is -2.57. The maximum atomic E-state index is 13.8. The summed E-state index contributed by atoms with van der Waals surface area (Å²) in [5.74, 6) is 0.728. The molecule has 19 heteroatoms. The molecule has 4 aromatic heterocycles. The lowest BCUT2D eigenvalue weighted by atomic mass is 9.18. The Morgan fingerprint density at radius 2 is 1.57 bits per heavy atom. The van der Waals surface area contributed by atoms with Crippen LogP contribution in [0, 0.1) is 0 Å². The standard InChI is InChI=1S/C27H18B7F3N8O/c1-46-23-18(19(14-6-7-14)39-12-40-23)20-38-8-16-9-41-45(22(16)43-20)10-13-2-4-15(5-3-13)21-42-17(24(35,36)37)11-44(21)25(28,26(29,30)31)27(32,33)34/h2-5,8-9,11-12,14H,6-7,10H2,1H3. The van der Waals surface area contributed by atoms with Crippen LogP contribution in [0.2, 0.25) is 10.2 Å². The van der Waals surface area contributed by atoms with Crippen LogP contribution in [0.5, 0.6) is 5.88 Å². The number of nitrogens with zero attached hydrogens (tertiary/aromatic N) is 8. The Kier molecular flexibility index (Phi) is 7.75. The van der Waals surface area contributed by atoms with Crippen molar-refractivity contribution in [1.82, 2.24) is 39.3 Å². The van der Waals surface area contributed by atoms with E-state index in [2.05, 4.69) is 25.0 Å². The van der Waals surface area contributed by atoms with Crippen LogP contribution in [-0.2, 0) is 18.2 Å². The molecule has 1 saturated carbocycles. The van der Waals surface area contributed by atoms with E-state index < -0.39 is 27.5 Å². The molecule has 0 bridgehead atoms. The number of aromatic nitrogens is 8. The van der Waals surface area contributed by atoms with E-state index in [-0.39, 0.29) is 23.9 Å². The van der Waals surface area contributed by atoms with E-state index >= 15 is 0 Å². The van der Waals surface area contributed by atoms with Crippen LogP contribution < -0.4 is 4.74 Å². The van der Waals surface area contributed by atoms with E-state index in [1.54, 1.807) is 29.2 Å². The fraction of sp³-hybridized carbons (Fsp3) is 0.333. The molecule has 46 heavy (non-hydrogen) atoms. The van der Waals surface area contributed by atoms with Gasteiger partial charge < -0.3 is 9.30 Å². The summed E-state index contributed by atoms with van der Waals surface area (Å²) in [4.78, 5) is 21.8. The van der Waals surface area contributed by atoms with Crippen LogP contribution in [0.25, 0.3) is 33.8 Å². The van der Waals surface area contributed by atoms with Gasteiger partial charge in [0.25, 0.3) is 0 Å². The first-order valence-corrected chi connectivity index (χ1v) is 13.9. The SMILES string of the molecule is [B]C([B])([B])C([B])(n1cc(C(F)(F)F)nc1-c1ccc(Cn2ncc3cnc(-c4c(OC)ncnc4C4CC4)nc32)cc1)C([B])([B])[B]. The van der Waals surface area contributed by atoms with Crippen LogP contribution in [0.3, 0.4) is 0 Å². The van der Waals surface area contributed by atoms with Crippen molar-refractivity contribution in [3.8, 4) is 28.7 Å². The topological polar surface area (TPSA) is 96.4 Å². The molecule has 0 aliphatic heterocycles. The van der Waals surface area contributed by atoms with Crippen molar-refractivity contribution < 1.29 is 17.9 Å². The molecule has 0 amide bonds. The van der Waals surface area contributed by atoms with Crippen LogP contribution in [-0.4, -0.2) is 101 Å². The third-order valence-electron chi connectivity index (χ3n) is 7.84. The number of halogens is 3. The van der Waals surface area contributed by atoms with Crippen LogP contribution in [0.4, 0.5) is 13.2 Å². The van der Waals surface area contributed by atoms with Gasteiger partial charge in [0.05, 0.1) is 85.9 Å². The average molecular weight is 603 g/mol. The number of alkyl halides is 3. The molecule has 9 nitrogen and oxygen atoms in total. The molecule has 1 fully saturated rings. The molecule has 14 radical (unpaired) electrons. The molecule has 0 spiro atoms. The number of benzene rings is 1. The van der Waals surface area contributed by atoms with Gasteiger partial charge in [-0.1, -0.05) is 24.3 Å². The summed E-state index contributed by atoms with van der Waals surface area (Å²) in [6.45, 7) is 0.246. The van der Waals surface area contributed by atoms with Gasteiger partial charge in [0.1, 0.15) is 17.7 Å². The highest BCUT2D eigenvalue weighted by atomic mass is 19.4. The Morgan fingerprint density at radius 3 is 2.15 bits per heavy atom. The minimum Gasteiger partial charge on any atom is -0.480 e. The van der Waals surface area contributed by atoms with Crippen molar-refractivity contribution in [1.29, 1.82) is 0 Å². The minimum absolute atomic E-state index is 0.182. The van der Waals surface area contributed by atoms with Gasteiger partial charge in [0.2, 0.25) is 5.88 Å². The molecule has 0 N–H and O–H groups in total. The smallest absolute Gasteiger partial charge is 0.434 e. The number of methoxy groups -OCH3 is 1. The predicted molar refractivity (Wildman–Crippen MR) is 170 cm³/mol. The van der Waals surface area contributed by atoms with Gasteiger partial charge >= 0.3 is 6.18 Å². The lowest BCUT2D eigenvalue weighted by Gasteiger charge is -2.56. The molecular formula is C27H18B7F3N8O. The molecule has 214 valence electrons. The summed E-state index contributed by atoms with van der Waals surface area (Å²) in [7, 11) is 43.0. The first kappa shape index (κ1) is 32.1. The van der Waals surface area contributed by atoms with Crippen LogP contribution >= 0.6 is 0 Å². The summed E-state index contributed by atoms with van der Waals surface area (Å²) in [6, 6.07) is 6.36. The zero-order valence-corrected chi connectivity index (χ0v) is 24.5. The maximum absolute atomic E-state index is 13.8. The Balaban J connectivity index is 1.36. The van der Waals surface area contributed by atoms with Gasteiger partial charge in [-0.25, -0.2) is 29.6 Å². The van der Waals surface area contributed by atoms with Crippen molar-refractivity contribution in [2.24, 2.45) is 0 Å². The Labute approximate surface area is 271 Å². The molecule has 0 unspecified atom stereocenters.